The molecule has 7 nitrogen and oxygen atoms in total. The molecule has 0 radical (unpaired) electrons. The van der Waals surface area contributed by atoms with Crippen LogP contribution in [0.5, 0.6) is 0 Å². The van der Waals surface area contributed by atoms with E-state index in [0.29, 0.717) is 16.9 Å². The van der Waals surface area contributed by atoms with Crippen molar-refractivity contribution in [3.63, 3.8) is 0 Å². The van der Waals surface area contributed by atoms with E-state index in [9.17, 15) is 19.8 Å². The van der Waals surface area contributed by atoms with Gasteiger partial charge in [-0.1, -0.05) is 0 Å². The van der Waals surface area contributed by atoms with Crippen LogP contribution in [0.25, 0.3) is 33.4 Å². The van der Waals surface area contributed by atoms with Gasteiger partial charge >= 0.3 is 11.9 Å². The molecule has 6 rings (SSSR count). The molecule has 0 fully saturated rings. The van der Waals surface area contributed by atoms with Crippen molar-refractivity contribution in [1.82, 2.24) is 4.58 Å². The van der Waals surface area contributed by atoms with E-state index in [0.717, 1.165) is 67.1 Å². The molecule has 0 saturated carbocycles. The smallest absolute Gasteiger partial charge is 0.336 e. The Bertz CT molecular complexity index is 1640. The van der Waals surface area contributed by atoms with Gasteiger partial charge < -0.3 is 19.5 Å². The molecule has 37 heavy (non-hydrogen) atoms. The van der Waals surface area contributed by atoms with Crippen LogP contribution in [-0.2, 0) is 12.8 Å². The molecular formula is C30H29N2O5+. The number of anilines is 1. The fourth-order valence-corrected chi connectivity index (χ4v) is 5.99. The number of benzene rings is 3. The summed E-state index contributed by atoms with van der Waals surface area (Å²) in [6, 6.07) is 12.3. The van der Waals surface area contributed by atoms with Gasteiger partial charge in [-0.05, 0) is 73.6 Å². The molecule has 3 aliphatic heterocycles. The highest BCUT2D eigenvalue weighted by Gasteiger charge is 2.30. The van der Waals surface area contributed by atoms with Crippen molar-refractivity contribution in [1.29, 1.82) is 0 Å². The van der Waals surface area contributed by atoms with E-state index in [1.54, 1.807) is 0 Å². The molecule has 2 aromatic rings. The summed E-state index contributed by atoms with van der Waals surface area (Å²) in [6.07, 6.45) is 5.09. The van der Waals surface area contributed by atoms with Gasteiger partial charge in [0.2, 0.25) is 5.36 Å². The minimum Gasteiger partial charge on any atom is -0.478 e. The Labute approximate surface area is 214 Å². The fourth-order valence-electron chi connectivity index (χ4n) is 5.99. The van der Waals surface area contributed by atoms with E-state index < -0.39 is 11.9 Å². The van der Waals surface area contributed by atoms with Crippen LogP contribution in [0.2, 0.25) is 0 Å². The second kappa shape index (κ2) is 8.76. The van der Waals surface area contributed by atoms with Crippen LogP contribution in [0.4, 0.5) is 5.69 Å². The number of aryl methyl sites for hydroxylation is 2. The van der Waals surface area contributed by atoms with Crippen LogP contribution >= 0.6 is 0 Å². The van der Waals surface area contributed by atoms with Crippen LogP contribution in [0.1, 0.15) is 51.1 Å². The van der Waals surface area contributed by atoms with Crippen molar-refractivity contribution < 1.29 is 24.2 Å². The van der Waals surface area contributed by atoms with Crippen molar-refractivity contribution in [3.05, 3.63) is 70.1 Å². The lowest BCUT2D eigenvalue weighted by molar-refractivity contribution is 0.0682. The van der Waals surface area contributed by atoms with Crippen molar-refractivity contribution in [2.45, 2.75) is 32.1 Å². The number of hydrogen-bond acceptors (Lipinski definition) is 4. The zero-order valence-corrected chi connectivity index (χ0v) is 21.0. The van der Waals surface area contributed by atoms with Crippen LogP contribution in [-0.4, -0.2) is 49.3 Å². The molecule has 4 aliphatic rings. The van der Waals surface area contributed by atoms with E-state index in [2.05, 4.69) is 11.0 Å². The molecule has 0 aromatic heterocycles. The van der Waals surface area contributed by atoms with Crippen LogP contribution in [0.15, 0.2) is 46.9 Å². The monoisotopic (exact) mass is 497 g/mol. The highest BCUT2D eigenvalue weighted by molar-refractivity contribution is 6.10. The van der Waals surface area contributed by atoms with Crippen LogP contribution in [0, 0.1) is 0 Å². The highest BCUT2D eigenvalue weighted by atomic mass is 16.4. The summed E-state index contributed by atoms with van der Waals surface area (Å²) in [5.74, 6) is -1.55. The first kappa shape index (κ1) is 23.3. The first-order valence-corrected chi connectivity index (χ1v) is 12.7. The fraction of sp³-hybridized carbons (Fsp3) is 0.300. The summed E-state index contributed by atoms with van der Waals surface area (Å²) in [5, 5.41) is 21.7. The number of nitrogens with zero attached hydrogens (tertiary/aromatic N) is 2. The Balaban J connectivity index is 1.82. The van der Waals surface area contributed by atoms with Crippen LogP contribution < -0.4 is 14.8 Å². The number of carboxylic acid groups (broad SMARTS) is 2. The van der Waals surface area contributed by atoms with Gasteiger partial charge in [-0.15, -0.1) is 0 Å². The molecule has 0 unspecified atom stereocenters. The molecule has 3 heterocycles. The molecule has 1 aliphatic carbocycles. The van der Waals surface area contributed by atoms with Gasteiger partial charge in [0.15, 0.2) is 0 Å². The van der Waals surface area contributed by atoms with Gasteiger partial charge in [0, 0.05) is 46.9 Å². The Morgan fingerprint density at radius 1 is 0.892 bits per heavy atom. The predicted octanol–water partition coefficient (Wildman–Crippen LogP) is 4.72. The number of carboxylic acids is 2. The third kappa shape index (κ3) is 3.77. The zero-order valence-electron chi connectivity index (χ0n) is 21.0. The lowest BCUT2D eigenvalue weighted by atomic mass is 9.86. The lowest BCUT2D eigenvalue weighted by Gasteiger charge is -2.33. The summed E-state index contributed by atoms with van der Waals surface area (Å²) in [5.41, 5.74) is 6.45. The molecule has 0 bridgehead atoms. The lowest BCUT2D eigenvalue weighted by Crippen LogP contribution is -2.30. The van der Waals surface area contributed by atoms with Crippen LogP contribution in [0.3, 0.4) is 0 Å². The molecule has 0 amide bonds. The number of rotatable bonds is 3. The first-order valence-electron chi connectivity index (χ1n) is 12.7. The quantitative estimate of drug-likeness (QED) is 0.314. The molecule has 188 valence electrons. The SMILES string of the molecule is C[N+](C)=c1ccc2c(-c3cc(C(=O)O)ccc3C(=O)O)c3cc4c5c(c3oc-2c1)CCCN5CCCC4. The van der Waals surface area contributed by atoms with E-state index in [4.69, 9.17) is 4.42 Å². The maximum Gasteiger partial charge on any atom is 0.336 e. The Morgan fingerprint density at radius 3 is 2.46 bits per heavy atom. The summed E-state index contributed by atoms with van der Waals surface area (Å²) in [7, 11) is 3.92. The molecule has 7 heteroatoms. The van der Waals surface area contributed by atoms with Gasteiger partial charge in [0.1, 0.15) is 25.4 Å². The van der Waals surface area contributed by atoms with Gasteiger partial charge in [-0.2, -0.15) is 0 Å². The Kier molecular flexibility index (Phi) is 5.51. The topological polar surface area (TPSA) is 94.0 Å². The molecule has 0 spiro atoms. The molecule has 2 aromatic carbocycles. The maximum atomic E-state index is 12.4. The van der Waals surface area contributed by atoms with Crippen molar-refractivity contribution in [2.75, 3.05) is 32.1 Å². The van der Waals surface area contributed by atoms with E-state index in [1.165, 1.54) is 35.0 Å². The third-order valence-corrected chi connectivity index (χ3v) is 7.72. The van der Waals surface area contributed by atoms with Gasteiger partial charge in [0.25, 0.3) is 0 Å². The third-order valence-electron chi connectivity index (χ3n) is 7.72. The number of aromatic carboxylic acids is 2. The molecule has 0 saturated heterocycles. The van der Waals surface area contributed by atoms with Crippen molar-refractivity contribution in [2.24, 2.45) is 0 Å². The van der Waals surface area contributed by atoms with Crippen molar-refractivity contribution in [3.8, 4) is 22.5 Å². The number of hydrogen-bond donors (Lipinski definition) is 2. The average molecular weight is 498 g/mol. The second-order valence-corrected chi connectivity index (χ2v) is 10.2. The maximum absolute atomic E-state index is 12.4. The summed E-state index contributed by atoms with van der Waals surface area (Å²) < 4.78 is 8.67. The second-order valence-electron chi connectivity index (χ2n) is 10.2. The summed E-state index contributed by atoms with van der Waals surface area (Å²) >= 11 is 0. The normalized spacial score (nSPS) is 14.9. The van der Waals surface area contributed by atoms with Gasteiger partial charge in [-0.3, -0.25) is 0 Å². The van der Waals surface area contributed by atoms with Crippen molar-refractivity contribution >= 4 is 28.6 Å². The van der Waals surface area contributed by atoms with E-state index >= 15 is 0 Å². The Hall–Kier alpha value is -4.13. The van der Waals surface area contributed by atoms with Gasteiger partial charge in [-0.25, -0.2) is 14.2 Å². The summed E-state index contributed by atoms with van der Waals surface area (Å²) in [6.45, 7) is 2.06. The van der Waals surface area contributed by atoms with Gasteiger partial charge in [0.05, 0.1) is 17.2 Å². The first-order chi connectivity index (χ1) is 17.8. The number of fused-ring (bicyclic) bond motifs is 3. The average Bonchev–Trinajstić information content (AvgIpc) is 3.10. The largest absolute Gasteiger partial charge is 0.478 e. The molecule has 0 atom stereocenters. The molecule has 2 N–H and O–H groups in total. The minimum absolute atomic E-state index is 0.0503. The zero-order chi connectivity index (χ0) is 25.8. The summed E-state index contributed by atoms with van der Waals surface area (Å²) in [4.78, 5) is 26.7. The van der Waals surface area contributed by atoms with E-state index in [1.807, 2.05) is 36.9 Å². The molecular weight excluding hydrogens is 468 g/mol. The Morgan fingerprint density at radius 2 is 1.70 bits per heavy atom. The highest BCUT2D eigenvalue weighted by Crippen LogP contribution is 2.47. The minimum atomic E-state index is -1.10. The number of carbonyl (C=O) groups is 2. The van der Waals surface area contributed by atoms with E-state index in [-0.39, 0.29) is 11.1 Å². The standard InChI is InChI=1S/C30H28N2O5/c1-31(2)19-9-11-21-25(16-19)37-28-22-7-5-13-32-12-4-3-6-17(27(22)32)14-24(28)26(21)23-15-18(29(33)34)8-10-20(23)30(35)36/h8-11,14-16H,3-7,12-13H2,1-2H3,(H-,33,34,35,36)/p+1. The predicted molar refractivity (Wildman–Crippen MR) is 143 cm³/mol.